The van der Waals surface area contributed by atoms with Gasteiger partial charge in [0.25, 0.3) is 5.91 Å². The molecule has 1 N–H and O–H groups in total. The Morgan fingerprint density at radius 1 is 1.24 bits per heavy atom. The second-order valence-electron chi connectivity index (χ2n) is 8.43. The Labute approximate surface area is 173 Å². The van der Waals surface area contributed by atoms with Crippen LogP contribution in [0.25, 0.3) is 0 Å². The third-order valence-electron chi connectivity index (χ3n) is 5.58. The Morgan fingerprint density at radius 3 is 2.66 bits per heavy atom. The van der Waals surface area contributed by atoms with Crippen LogP contribution in [0, 0.1) is 11.8 Å². The molecule has 0 spiro atoms. The lowest BCUT2D eigenvalue weighted by Gasteiger charge is -2.23. The van der Waals surface area contributed by atoms with Crippen molar-refractivity contribution in [3.63, 3.8) is 0 Å². The molecule has 0 radical (unpaired) electrons. The number of nitrogens with one attached hydrogen (secondary N) is 1. The Kier molecular flexibility index (Phi) is 6.83. The third-order valence-corrected chi connectivity index (χ3v) is 5.58. The summed E-state index contributed by atoms with van der Waals surface area (Å²) in [7, 11) is 0. The minimum absolute atomic E-state index is 0.0839. The van der Waals surface area contributed by atoms with E-state index in [4.69, 9.17) is 4.42 Å². The monoisotopic (exact) mass is 399 g/mol. The zero-order valence-electron chi connectivity index (χ0n) is 18.0. The molecule has 158 valence electrons. The third kappa shape index (κ3) is 5.52. The fourth-order valence-corrected chi connectivity index (χ4v) is 3.27. The molecule has 1 aliphatic rings. The van der Waals surface area contributed by atoms with Gasteiger partial charge in [-0.3, -0.25) is 9.59 Å². The van der Waals surface area contributed by atoms with E-state index in [1.54, 1.807) is 6.07 Å². The first-order valence-corrected chi connectivity index (χ1v) is 10.7. The largest absolute Gasteiger partial charge is 0.454 e. The Hall–Kier alpha value is -2.50. The molecular formula is C23H33N3O3. The molecule has 1 saturated carbocycles. The van der Waals surface area contributed by atoms with Crippen molar-refractivity contribution in [1.29, 1.82) is 0 Å². The van der Waals surface area contributed by atoms with Gasteiger partial charge in [0, 0.05) is 30.4 Å². The van der Waals surface area contributed by atoms with Crippen molar-refractivity contribution >= 4 is 11.8 Å². The van der Waals surface area contributed by atoms with Crippen LogP contribution in [0.3, 0.4) is 0 Å². The number of aromatic nitrogens is 1. The first-order chi connectivity index (χ1) is 13.9. The van der Waals surface area contributed by atoms with Gasteiger partial charge >= 0.3 is 0 Å². The van der Waals surface area contributed by atoms with Crippen LogP contribution in [0.15, 0.2) is 34.9 Å². The van der Waals surface area contributed by atoms with Crippen LogP contribution in [-0.4, -0.2) is 33.9 Å². The maximum absolute atomic E-state index is 12.6. The van der Waals surface area contributed by atoms with Crippen LogP contribution in [0.5, 0.6) is 0 Å². The summed E-state index contributed by atoms with van der Waals surface area (Å²) in [6.07, 6.45) is 4.98. The van der Waals surface area contributed by atoms with E-state index >= 15 is 0 Å². The van der Waals surface area contributed by atoms with Gasteiger partial charge in [-0.05, 0) is 56.4 Å². The molecule has 3 rings (SSSR count). The number of rotatable bonds is 10. The molecule has 2 aromatic heterocycles. The molecule has 2 amide bonds. The van der Waals surface area contributed by atoms with Gasteiger partial charge in [0.1, 0.15) is 5.76 Å². The van der Waals surface area contributed by atoms with Crippen molar-refractivity contribution in [3.05, 3.63) is 47.7 Å². The average molecular weight is 400 g/mol. The zero-order chi connectivity index (χ0) is 21.0. The van der Waals surface area contributed by atoms with Crippen molar-refractivity contribution in [3.8, 4) is 0 Å². The number of amides is 2. The summed E-state index contributed by atoms with van der Waals surface area (Å²) in [5, 5.41) is 2.96. The van der Waals surface area contributed by atoms with Crippen LogP contribution >= 0.6 is 0 Å². The Morgan fingerprint density at radius 2 is 2.00 bits per heavy atom. The summed E-state index contributed by atoms with van der Waals surface area (Å²) in [5.41, 5.74) is 1.07. The van der Waals surface area contributed by atoms with Crippen LogP contribution < -0.4 is 5.32 Å². The van der Waals surface area contributed by atoms with Gasteiger partial charge in [-0.15, -0.1) is 0 Å². The first kappa shape index (κ1) is 21.2. The lowest BCUT2D eigenvalue weighted by atomic mass is 10.1. The van der Waals surface area contributed by atoms with E-state index in [0.29, 0.717) is 24.8 Å². The fourth-order valence-electron chi connectivity index (χ4n) is 3.27. The second kappa shape index (κ2) is 9.33. The minimum atomic E-state index is -0.186. The van der Waals surface area contributed by atoms with Crippen LogP contribution in [0.2, 0.25) is 0 Å². The summed E-state index contributed by atoms with van der Waals surface area (Å²) in [6, 6.07) is 7.69. The summed E-state index contributed by atoms with van der Waals surface area (Å²) < 4.78 is 7.87. The molecule has 1 atom stereocenters. The number of hydrogen-bond acceptors (Lipinski definition) is 3. The fraction of sp³-hybridized carbons (Fsp3) is 0.565. The summed E-state index contributed by atoms with van der Waals surface area (Å²) in [4.78, 5) is 26.9. The topological polar surface area (TPSA) is 67.5 Å². The Bertz CT molecular complexity index is 832. The standard InChI is InChI=1S/C23H33N3O3/c1-5-12-26(23(28)18-8-9-18)14-19-7-6-13-25(19)15-20-10-11-21(29-20)22(27)24-17(4)16(2)3/h6-7,10-11,13,16-18H,5,8-9,12,14-15H2,1-4H3,(H,24,27)/t17-/m1/s1. The van der Waals surface area contributed by atoms with Crippen molar-refractivity contribution in [2.45, 2.75) is 66.1 Å². The highest BCUT2D eigenvalue weighted by atomic mass is 16.4. The molecule has 2 heterocycles. The molecule has 1 fully saturated rings. The number of nitrogens with zero attached hydrogens (tertiary/aromatic N) is 2. The van der Waals surface area contributed by atoms with Gasteiger partial charge in [-0.1, -0.05) is 20.8 Å². The maximum atomic E-state index is 12.6. The van der Waals surface area contributed by atoms with Crippen molar-refractivity contribution < 1.29 is 14.0 Å². The van der Waals surface area contributed by atoms with Gasteiger partial charge in [-0.2, -0.15) is 0 Å². The number of furan rings is 1. The summed E-state index contributed by atoms with van der Waals surface area (Å²) in [6.45, 7) is 10.2. The van der Waals surface area contributed by atoms with Gasteiger partial charge in [-0.25, -0.2) is 0 Å². The predicted octanol–water partition coefficient (Wildman–Crippen LogP) is 4.05. The van der Waals surface area contributed by atoms with E-state index in [-0.39, 0.29) is 23.8 Å². The predicted molar refractivity (Wildman–Crippen MR) is 112 cm³/mol. The summed E-state index contributed by atoms with van der Waals surface area (Å²) in [5.74, 6) is 1.73. The van der Waals surface area contributed by atoms with Gasteiger partial charge in [0.05, 0.1) is 13.1 Å². The minimum Gasteiger partial charge on any atom is -0.454 e. The maximum Gasteiger partial charge on any atom is 0.287 e. The lowest BCUT2D eigenvalue weighted by Crippen LogP contribution is -2.35. The van der Waals surface area contributed by atoms with Crippen molar-refractivity contribution in [2.24, 2.45) is 11.8 Å². The van der Waals surface area contributed by atoms with E-state index in [1.807, 2.05) is 36.2 Å². The van der Waals surface area contributed by atoms with Crippen molar-refractivity contribution in [1.82, 2.24) is 14.8 Å². The molecule has 0 bridgehead atoms. The van der Waals surface area contributed by atoms with E-state index in [9.17, 15) is 9.59 Å². The van der Waals surface area contributed by atoms with E-state index in [2.05, 4.69) is 30.7 Å². The molecule has 6 heteroatoms. The molecule has 2 aromatic rings. The van der Waals surface area contributed by atoms with E-state index in [1.165, 1.54) is 0 Å². The first-order valence-electron chi connectivity index (χ1n) is 10.7. The molecule has 0 saturated heterocycles. The quantitative estimate of drug-likeness (QED) is 0.655. The summed E-state index contributed by atoms with van der Waals surface area (Å²) >= 11 is 0. The number of hydrogen-bond donors (Lipinski definition) is 1. The molecule has 0 unspecified atom stereocenters. The van der Waals surface area contributed by atoms with E-state index in [0.717, 1.165) is 37.3 Å². The lowest BCUT2D eigenvalue weighted by molar-refractivity contribution is -0.133. The molecule has 6 nitrogen and oxygen atoms in total. The van der Waals surface area contributed by atoms with Gasteiger partial charge < -0.3 is 19.2 Å². The molecule has 29 heavy (non-hydrogen) atoms. The number of carbonyl (C=O) groups is 2. The average Bonchev–Trinajstić information content (AvgIpc) is 3.28. The van der Waals surface area contributed by atoms with Crippen LogP contribution in [0.4, 0.5) is 0 Å². The highest BCUT2D eigenvalue weighted by molar-refractivity contribution is 5.91. The van der Waals surface area contributed by atoms with Crippen LogP contribution in [-0.2, 0) is 17.9 Å². The van der Waals surface area contributed by atoms with Crippen molar-refractivity contribution in [2.75, 3.05) is 6.54 Å². The van der Waals surface area contributed by atoms with Gasteiger partial charge in [0.15, 0.2) is 5.76 Å². The normalized spacial score (nSPS) is 14.8. The molecular weight excluding hydrogens is 366 g/mol. The SMILES string of the molecule is CCCN(Cc1cccn1Cc1ccc(C(=O)N[C@H](C)C(C)C)o1)C(=O)C1CC1. The second-order valence-corrected chi connectivity index (χ2v) is 8.43. The zero-order valence-corrected chi connectivity index (χ0v) is 18.0. The number of carbonyl (C=O) groups excluding carboxylic acids is 2. The smallest absolute Gasteiger partial charge is 0.287 e. The molecule has 0 aromatic carbocycles. The molecule has 0 aliphatic heterocycles. The Balaban J connectivity index is 1.64. The molecule has 1 aliphatic carbocycles. The van der Waals surface area contributed by atoms with Gasteiger partial charge in [0.2, 0.25) is 5.91 Å². The highest BCUT2D eigenvalue weighted by Gasteiger charge is 2.33. The highest BCUT2D eigenvalue weighted by Crippen LogP contribution is 2.31. The van der Waals surface area contributed by atoms with E-state index < -0.39 is 0 Å². The van der Waals surface area contributed by atoms with Crippen LogP contribution in [0.1, 0.15) is 69.0 Å².